The first-order valence-corrected chi connectivity index (χ1v) is 10.1. The first-order valence-electron chi connectivity index (χ1n) is 7.45. The summed E-state index contributed by atoms with van der Waals surface area (Å²) >= 11 is 0. The zero-order valence-electron chi connectivity index (χ0n) is 12.0. The SMILES string of the molecule is NCCC[Si](CCCN)(CCCN)c1ccccc1. The molecule has 0 aliphatic carbocycles. The molecule has 0 heterocycles. The van der Waals surface area contributed by atoms with Gasteiger partial charge >= 0.3 is 0 Å². The molecule has 108 valence electrons. The zero-order valence-corrected chi connectivity index (χ0v) is 13.0. The lowest BCUT2D eigenvalue weighted by molar-refractivity contribution is 0.840. The average Bonchev–Trinajstić information content (AvgIpc) is 2.48. The number of benzene rings is 1. The molecular weight excluding hydrogens is 250 g/mol. The maximum absolute atomic E-state index is 5.74. The van der Waals surface area contributed by atoms with E-state index in [0.717, 1.165) is 38.9 Å². The van der Waals surface area contributed by atoms with Gasteiger partial charge in [-0.05, 0) is 38.9 Å². The largest absolute Gasteiger partial charge is 0.330 e. The van der Waals surface area contributed by atoms with E-state index in [4.69, 9.17) is 17.2 Å². The van der Waals surface area contributed by atoms with Gasteiger partial charge in [-0.15, -0.1) is 0 Å². The summed E-state index contributed by atoms with van der Waals surface area (Å²) < 4.78 is 0. The van der Waals surface area contributed by atoms with Gasteiger partial charge in [-0.2, -0.15) is 0 Å². The van der Waals surface area contributed by atoms with Crippen LogP contribution >= 0.6 is 0 Å². The van der Waals surface area contributed by atoms with Gasteiger partial charge in [-0.25, -0.2) is 0 Å². The van der Waals surface area contributed by atoms with Crippen molar-refractivity contribution in [2.75, 3.05) is 19.6 Å². The summed E-state index contributed by atoms with van der Waals surface area (Å²) in [6.45, 7) is 2.35. The Morgan fingerprint density at radius 1 is 0.684 bits per heavy atom. The van der Waals surface area contributed by atoms with E-state index in [1.807, 2.05) is 0 Å². The second-order valence-electron chi connectivity index (χ2n) is 5.32. The molecule has 0 fully saturated rings. The van der Waals surface area contributed by atoms with Crippen molar-refractivity contribution in [2.24, 2.45) is 17.2 Å². The van der Waals surface area contributed by atoms with Crippen LogP contribution in [-0.4, -0.2) is 27.7 Å². The van der Waals surface area contributed by atoms with Crippen LogP contribution in [0.3, 0.4) is 0 Å². The first kappa shape index (κ1) is 16.4. The highest BCUT2D eigenvalue weighted by Crippen LogP contribution is 2.25. The van der Waals surface area contributed by atoms with Gasteiger partial charge in [0.15, 0.2) is 0 Å². The van der Waals surface area contributed by atoms with Crippen molar-refractivity contribution in [1.29, 1.82) is 0 Å². The Labute approximate surface area is 118 Å². The van der Waals surface area contributed by atoms with Crippen molar-refractivity contribution >= 4 is 13.3 Å². The van der Waals surface area contributed by atoms with Gasteiger partial charge in [0.2, 0.25) is 0 Å². The zero-order chi connectivity index (χ0) is 14.0. The molecule has 0 aliphatic rings. The molecule has 0 bridgehead atoms. The van der Waals surface area contributed by atoms with E-state index >= 15 is 0 Å². The van der Waals surface area contributed by atoms with Crippen molar-refractivity contribution in [1.82, 2.24) is 0 Å². The molecule has 1 rings (SSSR count). The molecule has 0 amide bonds. The van der Waals surface area contributed by atoms with E-state index in [1.54, 1.807) is 5.19 Å². The minimum Gasteiger partial charge on any atom is -0.330 e. The highest BCUT2D eigenvalue weighted by molar-refractivity contribution is 6.91. The number of rotatable bonds is 10. The molecular formula is C15H29N3Si. The summed E-state index contributed by atoms with van der Waals surface area (Å²) in [5.74, 6) is 0. The Hall–Kier alpha value is -0.683. The van der Waals surface area contributed by atoms with Crippen LogP contribution in [0.2, 0.25) is 18.1 Å². The maximum atomic E-state index is 5.74. The Balaban J connectivity index is 2.94. The number of nitrogens with two attached hydrogens (primary N) is 3. The summed E-state index contributed by atoms with van der Waals surface area (Å²) in [6.07, 6.45) is 3.36. The summed E-state index contributed by atoms with van der Waals surface area (Å²) in [5, 5.41) is 1.56. The summed E-state index contributed by atoms with van der Waals surface area (Å²) in [7, 11) is -1.47. The monoisotopic (exact) mass is 279 g/mol. The van der Waals surface area contributed by atoms with Crippen molar-refractivity contribution in [3.63, 3.8) is 0 Å². The Morgan fingerprint density at radius 3 is 1.47 bits per heavy atom. The smallest absolute Gasteiger partial charge is 0.0868 e. The van der Waals surface area contributed by atoms with Crippen LogP contribution in [0, 0.1) is 0 Å². The maximum Gasteiger partial charge on any atom is 0.0868 e. The lowest BCUT2D eigenvalue weighted by Gasteiger charge is -2.32. The van der Waals surface area contributed by atoms with E-state index in [9.17, 15) is 0 Å². The van der Waals surface area contributed by atoms with Crippen LogP contribution in [-0.2, 0) is 0 Å². The molecule has 0 aromatic heterocycles. The molecule has 0 saturated carbocycles. The highest BCUT2D eigenvalue weighted by Gasteiger charge is 2.32. The lowest BCUT2D eigenvalue weighted by Crippen LogP contribution is -2.48. The molecule has 0 spiro atoms. The van der Waals surface area contributed by atoms with Crippen LogP contribution in [0.5, 0.6) is 0 Å². The molecule has 1 aromatic carbocycles. The fourth-order valence-electron chi connectivity index (χ4n) is 2.92. The van der Waals surface area contributed by atoms with Crippen LogP contribution in [0.1, 0.15) is 19.3 Å². The molecule has 6 N–H and O–H groups in total. The van der Waals surface area contributed by atoms with Crippen molar-refractivity contribution in [3.05, 3.63) is 30.3 Å². The molecule has 19 heavy (non-hydrogen) atoms. The summed E-state index contributed by atoms with van der Waals surface area (Å²) in [6, 6.07) is 14.8. The van der Waals surface area contributed by atoms with Gasteiger partial charge in [0.25, 0.3) is 0 Å². The molecule has 1 aromatic rings. The molecule has 0 unspecified atom stereocenters. The lowest BCUT2D eigenvalue weighted by atomic mass is 10.4. The van der Waals surface area contributed by atoms with E-state index < -0.39 is 8.07 Å². The van der Waals surface area contributed by atoms with Crippen LogP contribution < -0.4 is 22.4 Å². The fraction of sp³-hybridized carbons (Fsp3) is 0.600. The first-order chi connectivity index (χ1) is 9.29. The Morgan fingerprint density at radius 2 is 1.11 bits per heavy atom. The van der Waals surface area contributed by atoms with Gasteiger partial charge in [0, 0.05) is 0 Å². The van der Waals surface area contributed by atoms with E-state index in [1.165, 1.54) is 18.1 Å². The standard InChI is InChI=1S/C15H29N3Si/c16-9-4-12-19(13-5-10-17,14-6-11-18)15-7-2-1-3-8-15/h1-3,7-8H,4-6,9-14,16-18H2. The van der Waals surface area contributed by atoms with Gasteiger partial charge < -0.3 is 17.2 Å². The minimum atomic E-state index is -1.47. The third kappa shape index (κ3) is 5.07. The van der Waals surface area contributed by atoms with Gasteiger partial charge in [-0.1, -0.05) is 53.7 Å². The highest BCUT2D eigenvalue weighted by atomic mass is 28.3. The van der Waals surface area contributed by atoms with Crippen molar-refractivity contribution in [2.45, 2.75) is 37.4 Å². The predicted molar refractivity (Wildman–Crippen MR) is 87.3 cm³/mol. The average molecular weight is 280 g/mol. The normalized spacial score (nSPS) is 11.7. The Bertz CT molecular complexity index is 308. The molecule has 0 radical (unpaired) electrons. The number of hydrogen-bond donors (Lipinski definition) is 3. The van der Waals surface area contributed by atoms with E-state index in [2.05, 4.69) is 30.3 Å². The molecule has 0 saturated heterocycles. The summed E-state index contributed by atoms with van der Waals surface area (Å²) in [5.41, 5.74) is 17.2. The van der Waals surface area contributed by atoms with Crippen LogP contribution in [0.4, 0.5) is 0 Å². The topological polar surface area (TPSA) is 78.1 Å². The van der Waals surface area contributed by atoms with Gasteiger partial charge in [0.05, 0.1) is 8.07 Å². The molecule has 3 nitrogen and oxygen atoms in total. The second-order valence-corrected chi connectivity index (χ2v) is 9.96. The predicted octanol–water partition coefficient (Wildman–Crippen LogP) is 1.39. The second kappa shape index (κ2) is 9.26. The molecule has 0 atom stereocenters. The summed E-state index contributed by atoms with van der Waals surface area (Å²) in [4.78, 5) is 0. The van der Waals surface area contributed by atoms with E-state index in [0.29, 0.717) is 0 Å². The molecule has 4 heteroatoms. The fourth-order valence-corrected chi connectivity index (χ4v) is 8.08. The minimum absolute atomic E-state index is 0.785. The van der Waals surface area contributed by atoms with Crippen LogP contribution in [0.15, 0.2) is 30.3 Å². The Kier molecular flexibility index (Phi) is 7.98. The third-order valence-electron chi connectivity index (χ3n) is 3.96. The van der Waals surface area contributed by atoms with Crippen molar-refractivity contribution < 1.29 is 0 Å². The quantitative estimate of drug-likeness (QED) is 0.566. The van der Waals surface area contributed by atoms with Crippen LogP contribution in [0.25, 0.3) is 0 Å². The third-order valence-corrected chi connectivity index (χ3v) is 9.45. The van der Waals surface area contributed by atoms with Crippen molar-refractivity contribution in [3.8, 4) is 0 Å². The number of hydrogen-bond acceptors (Lipinski definition) is 3. The molecule has 0 aliphatic heterocycles. The van der Waals surface area contributed by atoms with E-state index in [-0.39, 0.29) is 0 Å². The van der Waals surface area contributed by atoms with Gasteiger partial charge in [0.1, 0.15) is 0 Å². The van der Waals surface area contributed by atoms with Gasteiger partial charge in [-0.3, -0.25) is 0 Å².